The van der Waals surface area contributed by atoms with E-state index in [-0.39, 0.29) is 11.1 Å². The topological polar surface area (TPSA) is 75.3 Å². The van der Waals surface area contributed by atoms with E-state index in [0.29, 0.717) is 16.4 Å². The number of nitrogens with two attached hydrogens (primary N) is 1. The van der Waals surface area contributed by atoms with Crippen LogP contribution in [0.5, 0.6) is 0 Å². The first-order valence-electron chi connectivity index (χ1n) is 6.52. The largest absolute Gasteiger partial charge is 0.478 e. The van der Waals surface area contributed by atoms with Crippen LogP contribution in [0.15, 0.2) is 12.1 Å². The van der Waals surface area contributed by atoms with E-state index in [1.165, 1.54) is 12.5 Å². The molecule has 0 unspecified atom stereocenters. The Hall–Kier alpha value is -1.42. The number of benzene rings is 1. The molecule has 1 aliphatic rings. The van der Waals surface area contributed by atoms with Gasteiger partial charge < -0.3 is 16.2 Å². The molecule has 0 spiro atoms. The molecule has 0 amide bonds. The molecule has 4 nitrogen and oxygen atoms in total. The first-order valence-corrected chi connectivity index (χ1v) is 6.90. The Morgan fingerprint density at radius 1 is 1.37 bits per heavy atom. The number of anilines is 2. The van der Waals surface area contributed by atoms with E-state index in [2.05, 4.69) is 12.2 Å². The summed E-state index contributed by atoms with van der Waals surface area (Å²) in [6, 6.07) is 3.03. The smallest absolute Gasteiger partial charge is 0.337 e. The second-order valence-electron chi connectivity index (χ2n) is 5.48. The van der Waals surface area contributed by atoms with Crippen LogP contribution in [-0.2, 0) is 0 Å². The number of carboxylic acid groups (broad SMARTS) is 1. The van der Waals surface area contributed by atoms with Gasteiger partial charge in [0, 0.05) is 11.2 Å². The predicted molar refractivity (Wildman–Crippen MR) is 77.9 cm³/mol. The molecule has 1 fully saturated rings. The molecule has 19 heavy (non-hydrogen) atoms. The molecule has 1 aliphatic carbocycles. The maximum Gasteiger partial charge on any atom is 0.337 e. The van der Waals surface area contributed by atoms with Crippen LogP contribution in [-0.4, -0.2) is 16.6 Å². The Labute approximate surface area is 117 Å². The van der Waals surface area contributed by atoms with E-state index in [0.717, 1.165) is 25.7 Å². The molecule has 0 radical (unpaired) electrons. The standard InChI is InChI=1S/C14H19ClN2O2/c1-14(5-3-2-4-6-14)17-12-10(13(18)19)7-9(16)8-11(12)15/h7-8,17H,2-6,16H2,1H3,(H,18,19). The lowest BCUT2D eigenvalue weighted by Gasteiger charge is -2.36. The second kappa shape index (κ2) is 5.29. The zero-order valence-corrected chi connectivity index (χ0v) is 11.8. The molecular formula is C14H19ClN2O2. The van der Waals surface area contributed by atoms with Crippen molar-refractivity contribution in [2.45, 2.75) is 44.6 Å². The first-order chi connectivity index (χ1) is 8.91. The van der Waals surface area contributed by atoms with Gasteiger partial charge in [-0.15, -0.1) is 0 Å². The molecule has 0 aromatic heterocycles. The Morgan fingerprint density at radius 2 is 2.00 bits per heavy atom. The lowest BCUT2D eigenvalue weighted by Crippen LogP contribution is -2.37. The van der Waals surface area contributed by atoms with Crippen LogP contribution >= 0.6 is 11.6 Å². The third kappa shape index (κ3) is 3.13. The zero-order chi connectivity index (χ0) is 14.0. The highest BCUT2D eigenvalue weighted by molar-refractivity contribution is 6.34. The van der Waals surface area contributed by atoms with E-state index in [1.54, 1.807) is 6.07 Å². The summed E-state index contributed by atoms with van der Waals surface area (Å²) in [6.45, 7) is 2.12. The SMILES string of the molecule is CC1(Nc2c(Cl)cc(N)cc2C(=O)O)CCCCC1. The highest BCUT2D eigenvalue weighted by Gasteiger charge is 2.29. The van der Waals surface area contributed by atoms with Crippen molar-refractivity contribution < 1.29 is 9.90 Å². The van der Waals surface area contributed by atoms with Crippen molar-refractivity contribution in [3.63, 3.8) is 0 Å². The fourth-order valence-corrected chi connectivity index (χ4v) is 2.96. The van der Waals surface area contributed by atoms with Crippen LogP contribution in [0.4, 0.5) is 11.4 Å². The summed E-state index contributed by atoms with van der Waals surface area (Å²) < 4.78 is 0. The van der Waals surface area contributed by atoms with Gasteiger partial charge in [0.05, 0.1) is 16.3 Å². The maximum atomic E-state index is 11.3. The van der Waals surface area contributed by atoms with Gasteiger partial charge in [-0.25, -0.2) is 4.79 Å². The number of nitrogens with one attached hydrogen (secondary N) is 1. The number of rotatable bonds is 3. The molecule has 0 bridgehead atoms. The summed E-state index contributed by atoms with van der Waals surface area (Å²) in [5, 5.41) is 13.0. The highest BCUT2D eigenvalue weighted by Crippen LogP contribution is 2.36. The number of hydrogen-bond donors (Lipinski definition) is 3. The molecule has 0 aliphatic heterocycles. The summed E-state index contributed by atoms with van der Waals surface area (Å²) in [5.41, 5.74) is 6.54. The average Bonchev–Trinajstić information content (AvgIpc) is 2.33. The third-order valence-corrected chi connectivity index (χ3v) is 4.02. The van der Waals surface area contributed by atoms with Gasteiger partial charge in [-0.3, -0.25) is 0 Å². The number of carbonyl (C=O) groups is 1. The third-order valence-electron chi connectivity index (χ3n) is 3.73. The summed E-state index contributed by atoms with van der Waals surface area (Å²) >= 11 is 6.15. The molecule has 104 valence electrons. The quantitative estimate of drug-likeness (QED) is 0.738. The van der Waals surface area contributed by atoms with Crippen LogP contribution in [0, 0.1) is 0 Å². The Bertz CT molecular complexity index is 496. The van der Waals surface area contributed by atoms with E-state index in [4.69, 9.17) is 17.3 Å². The van der Waals surface area contributed by atoms with Crippen LogP contribution in [0.3, 0.4) is 0 Å². The van der Waals surface area contributed by atoms with E-state index < -0.39 is 5.97 Å². The zero-order valence-electron chi connectivity index (χ0n) is 11.0. The number of hydrogen-bond acceptors (Lipinski definition) is 3. The predicted octanol–water partition coefficient (Wildman–Crippen LogP) is 3.76. The number of aromatic carboxylic acids is 1. The van der Waals surface area contributed by atoms with Crippen LogP contribution in [0.25, 0.3) is 0 Å². The fraction of sp³-hybridized carbons (Fsp3) is 0.500. The van der Waals surface area contributed by atoms with Gasteiger partial charge in [0.15, 0.2) is 0 Å². The van der Waals surface area contributed by atoms with Crippen molar-refractivity contribution in [3.05, 3.63) is 22.7 Å². The van der Waals surface area contributed by atoms with E-state index in [1.807, 2.05) is 0 Å². The summed E-state index contributed by atoms with van der Waals surface area (Å²) in [5.74, 6) is -1.02. The number of carboxylic acids is 1. The normalized spacial score (nSPS) is 18.0. The lowest BCUT2D eigenvalue weighted by atomic mass is 9.83. The highest BCUT2D eigenvalue weighted by atomic mass is 35.5. The van der Waals surface area contributed by atoms with Gasteiger partial charge in [0.25, 0.3) is 0 Å². The van der Waals surface area contributed by atoms with Crippen LogP contribution in [0.2, 0.25) is 5.02 Å². The molecule has 1 saturated carbocycles. The minimum atomic E-state index is -1.02. The molecule has 5 heteroatoms. The van der Waals surface area contributed by atoms with E-state index in [9.17, 15) is 9.90 Å². The van der Waals surface area contributed by atoms with Crippen molar-refractivity contribution in [2.75, 3.05) is 11.1 Å². The maximum absolute atomic E-state index is 11.3. The molecular weight excluding hydrogens is 264 g/mol. The molecule has 0 saturated heterocycles. The summed E-state index contributed by atoms with van der Waals surface area (Å²) in [7, 11) is 0. The van der Waals surface area contributed by atoms with Crippen molar-refractivity contribution in [1.82, 2.24) is 0 Å². The minimum Gasteiger partial charge on any atom is -0.478 e. The van der Waals surface area contributed by atoms with E-state index >= 15 is 0 Å². The molecule has 1 aromatic carbocycles. The Balaban J connectivity index is 2.35. The Morgan fingerprint density at radius 3 is 2.58 bits per heavy atom. The van der Waals surface area contributed by atoms with Crippen LogP contribution < -0.4 is 11.1 Å². The van der Waals surface area contributed by atoms with Crippen LogP contribution in [0.1, 0.15) is 49.4 Å². The number of nitrogen functional groups attached to an aromatic ring is 1. The van der Waals surface area contributed by atoms with Crippen molar-refractivity contribution in [3.8, 4) is 0 Å². The minimum absolute atomic E-state index is 0.0950. The molecule has 4 N–H and O–H groups in total. The van der Waals surface area contributed by atoms with Crippen molar-refractivity contribution in [2.24, 2.45) is 0 Å². The summed E-state index contributed by atoms with van der Waals surface area (Å²) in [6.07, 6.45) is 5.58. The molecule has 0 atom stereocenters. The first kappa shape index (κ1) is 14.0. The monoisotopic (exact) mass is 282 g/mol. The van der Waals surface area contributed by atoms with Gasteiger partial charge in [-0.2, -0.15) is 0 Å². The van der Waals surface area contributed by atoms with Gasteiger partial charge in [0.2, 0.25) is 0 Å². The Kier molecular flexibility index (Phi) is 3.90. The fourth-order valence-electron chi connectivity index (χ4n) is 2.68. The molecule has 0 heterocycles. The van der Waals surface area contributed by atoms with Gasteiger partial charge >= 0.3 is 5.97 Å². The van der Waals surface area contributed by atoms with Gasteiger partial charge in [-0.05, 0) is 31.9 Å². The van der Waals surface area contributed by atoms with Gasteiger partial charge in [-0.1, -0.05) is 30.9 Å². The average molecular weight is 283 g/mol. The second-order valence-corrected chi connectivity index (χ2v) is 5.88. The molecule has 1 aromatic rings. The number of halogens is 1. The molecule has 2 rings (SSSR count). The van der Waals surface area contributed by atoms with Crippen molar-refractivity contribution in [1.29, 1.82) is 0 Å². The van der Waals surface area contributed by atoms with Gasteiger partial charge in [0.1, 0.15) is 0 Å². The van der Waals surface area contributed by atoms with Crippen molar-refractivity contribution >= 4 is 28.9 Å². The summed E-state index contributed by atoms with van der Waals surface area (Å²) in [4.78, 5) is 11.3. The lowest BCUT2D eigenvalue weighted by molar-refractivity contribution is 0.0698.